The van der Waals surface area contributed by atoms with Gasteiger partial charge in [0.1, 0.15) is 5.75 Å². The van der Waals surface area contributed by atoms with Crippen LogP contribution in [-0.2, 0) is 17.6 Å². The van der Waals surface area contributed by atoms with Gasteiger partial charge in [-0.05, 0) is 34.9 Å². The molecule has 0 unspecified atom stereocenters. The van der Waals surface area contributed by atoms with Gasteiger partial charge in [0, 0.05) is 6.42 Å². The molecule has 0 aliphatic rings. The molecule has 0 spiro atoms. The normalized spacial score (nSPS) is 10.3. The van der Waals surface area contributed by atoms with E-state index in [2.05, 4.69) is 12.1 Å². The summed E-state index contributed by atoms with van der Waals surface area (Å²) in [5, 5.41) is 0. The van der Waals surface area contributed by atoms with E-state index in [9.17, 15) is 4.79 Å². The lowest BCUT2D eigenvalue weighted by Gasteiger charge is -2.14. The van der Waals surface area contributed by atoms with Crippen molar-refractivity contribution < 1.29 is 23.7 Å². The van der Waals surface area contributed by atoms with Crippen molar-refractivity contribution in [3.05, 3.63) is 83.4 Å². The first-order chi connectivity index (χ1) is 14.1. The van der Waals surface area contributed by atoms with Gasteiger partial charge in [-0.3, -0.25) is 4.79 Å². The molecule has 0 bridgehead atoms. The quantitative estimate of drug-likeness (QED) is 0.419. The highest BCUT2D eigenvalue weighted by Gasteiger charge is 2.16. The van der Waals surface area contributed by atoms with Gasteiger partial charge in [-0.1, -0.05) is 48.5 Å². The summed E-state index contributed by atoms with van der Waals surface area (Å²) in [6.45, 7) is 0. The molecule has 0 radical (unpaired) electrons. The summed E-state index contributed by atoms with van der Waals surface area (Å²) >= 11 is 0. The number of carbonyl (C=O) groups excluding carboxylic acids is 1. The average Bonchev–Trinajstić information content (AvgIpc) is 2.75. The SMILES string of the molecule is COc1cc(CC(=O)Oc2ccccc2Cc2ccccc2)cc(OC)c1OC. The third kappa shape index (κ3) is 5.08. The molecule has 3 aromatic rings. The lowest BCUT2D eigenvalue weighted by atomic mass is 10.0. The van der Waals surface area contributed by atoms with Crippen molar-refractivity contribution in [2.24, 2.45) is 0 Å². The van der Waals surface area contributed by atoms with E-state index in [1.54, 1.807) is 26.4 Å². The number of hydrogen-bond donors (Lipinski definition) is 0. The van der Waals surface area contributed by atoms with Crippen molar-refractivity contribution in [2.75, 3.05) is 21.3 Å². The van der Waals surface area contributed by atoms with E-state index in [-0.39, 0.29) is 12.4 Å². The molecule has 5 heteroatoms. The van der Waals surface area contributed by atoms with E-state index in [1.165, 1.54) is 7.11 Å². The highest BCUT2D eigenvalue weighted by atomic mass is 16.5. The standard InChI is InChI=1S/C24H24O5/c1-26-21-14-18(15-22(27-2)24(21)28-3)16-23(25)29-20-12-8-7-11-19(20)13-17-9-5-4-6-10-17/h4-12,14-15H,13,16H2,1-3H3. The Labute approximate surface area is 170 Å². The summed E-state index contributed by atoms with van der Waals surface area (Å²) in [5.41, 5.74) is 2.82. The fraction of sp³-hybridized carbons (Fsp3) is 0.208. The number of para-hydroxylation sites is 1. The molecule has 0 N–H and O–H groups in total. The first-order valence-corrected chi connectivity index (χ1v) is 9.26. The Kier molecular flexibility index (Phi) is 6.74. The van der Waals surface area contributed by atoms with Gasteiger partial charge in [0.15, 0.2) is 11.5 Å². The van der Waals surface area contributed by atoms with Gasteiger partial charge in [0.25, 0.3) is 0 Å². The minimum absolute atomic E-state index is 0.0797. The first-order valence-electron chi connectivity index (χ1n) is 9.26. The molecule has 5 nitrogen and oxygen atoms in total. The predicted molar refractivity (Wildman–Crippen MR) is 111 cm³/mol. The van der Waals surface area contributed by atoms with Crippen molar-refractivity contribution in [3.63, 3.8) is 0 Å². The lowest BCUT2D eigenvalue weighted by molar-refractivity contribution is -0.133. The second-order valence-corrected chi connectivity index (χ2v) is 6.45. The average molecular weight is 392 g/mol. The largest absolute Gasteiger partial charge is 0.493 e. The third-order valence-corrected chi connectivity index (χ3v) is 4.51. The molecule has 0 amide bonds. The van der Waals surface area contributed by atoms with Crippen LogP contribution < -0.4 is 18.9 Å². The number of esters is 1. The van der Waals surface area contributed by atoms with Gasteiger partial charge in [-0.15, -0.1) is 0 Å². The van der Waals surface area contributed by atoms with Crippen LogP contribution in [-0.4, -0.2) is 27.3 Å². The van der Waals surface area contributed by atoms with Crippen LogP contribution in [0, 0.1) is 0 Å². The van der Waals surface area contributed by atoms with E-state index in [0.717, 1.165) is 11.1 Å². The number of methoxy groups -OCH3 is 3. The zero-order valence-corrected chi connectivity index (χ0v) is 16.8. The second kappa shape index (κ2) is 9.64. The fourth-order valence-corrected chi connectivity index (χ4v) is 3.13. The van der Waals surface area contributed by atoms with Crippen LogP contribution in [0.1, 0.15) is 16.7 Å². The maximum atomic E-state index is 12.6. The van der Waals surface area contributed by atoms with Crippen LogP contribution in [0.25, 0.3) is 0 Å². The maximum Gasteiger partial charge on any atom is 0.315 e. The maximum absolute atomic E-state index is 12.6. The van der Waals surface area contributed by atoms with Crippen molar-refractivity contribution >= 4 is 5.97 Å². The molecule has 0 aromatic heterocycles. The Morgan fingerprint density at radius 2 is 1.34 bits per heavy atom. The molecular weight excluding hydrogens is 368 g/mol. The molecule has 150 valence electrons. The van der Waals surface area contributed by atoms with Crippen LogP contribution in [0.4, 0.5) is 0 Å². The van der Waals surface area contributed by atoms with Gasteiger partial charge in [0.05, 0.1) is 27.8 Å². The first kappa shape index (κ1) is 20.3. The fourth-order valence-electron chi connectivity index (χ4n) is 3.13. The Morgan fingerprint density at radius 1 is 0.724 bits per heavy atom. The van der Waals surface area contributed by atoms with Crippen LogP contribution in [0.3, 0.4) is 0 Å². The molecule has 0 fully saturated rings. The Morgan fingerprint density at radius 3 is 1.97 bits per heavy atom. The van der Waals surface area contributed by atoms with Crippen LogP contribution in [0.2, 0.25) is 0 Å². The summed E-state index contributed by atoms with van der Waals surface area (Å²) in [5.74, 6) is 1.69. The van der Waals surface area contributed by atoms with E-state index >= 15 is 0 Å². The van der Waals surface area contributed by atoms with Gasteiger partial charge in [-0.25, -0.2) is 0 Å². The van der Waals surface area contributed by atoms with Crippen LogP contribution in [0.5, 0.6) is 23.0 Å². The van der Waals surface area contributed by atoms with E-state index in [0.29, 0.717) is 35.0 Å². The summed E-state index contributed by atoms with van der Waals surface area (Å²) < 4.78 is 21.7. The topological polar surface area (TPSA) is 54.0 Å². The summed E-state index contributed by atoms with van der Waals surface area (Å²) in [4.78, 5) is 12.6. The van der Waals surface area contributed by atoms with Crippen molar-refractivity contribution in [1.29, 1.82) is 0 Å². The highest BCUT2D eigenvalue weighted by molar-refractivity contribution is 5.76. The van der Waals surface area contributed by atoms with Gasteiger partial charge in [0.2, 0.25) is 5.75 Å². The van der Waals surface area contributed by atoms with E-state index < -0.39 is 0 Å². The summed E-state index contributed by atoms with van der Waals surface area (Å²) in [6, 6.07) is 21.1. The molecule has 0 atom stereocenters. The minimum Gasteiger partial charge on any atom is -0.493 e. The number of rotatable bonds is 8. The number of carbonyl (C=O) groups is 1. The molecule has 0 heterocycles. The molecule has 0 aliphatic carbocycles. The molecule has 0 aliphatic heterocycles. The van der Waals surface area contributed by atoms with Crippen molar-refractivity contribution in [3.8, 4) is 23.0 Å². The van der Waals surface area contributed by atoms with Gasteiger partial charge in [-0.2, -0.15) is 0 Å². The Bertz CT molecular complexity index is 941. The van der Waals surface area contributed by atoms with Crippen LogP contribution in [0.15, 0.2) is 66.7 Å². The number of ether oxygens (including phenoxy) is 4. The van der Waals surface area contributed by atoms with Gasteiger partial charge >= 0.3 is 5.97 Å². The molecule has 0 saturated heterocycles. The predicted octanol–water partition coefficient (Wildman–Crippen LogP) is 4.45. The zero-order chi connectivity index (χ0) is 20.6. The molecule has 29 heavy (non-hydrogen) atoms. The molecule has 3 rings (SSSR count). The third-order valence-electron chi connectivity index (χ3n) is 4.51. The lowest BCUT2D eigenvalue weighted by Crippen LogP contribution is -2.13. The number of benzene rings is 3. The van der Waals surface area contributed by atoms with E-state index in [1.807, 2.05) is 42.5 Å². The van der Waals surface area contributed by atoms with Crippen molar-refractivity contribution in [1.82, 2.24) is 0 Å². The molecule has 0 saturated carbocycles. The second-order valence-electron chi connectivity index (χ2n) is 6.45. The highest BCUT2D eigenvalue weighted by Crippen LogP contribution is 2.38. The van der Waals surface area contributed by atoms with Gasteiger partial charge < -0.3 is 18.9 Å². The monoisotopic (exact) mass is 392 g/mol. The zero-order valence-electron chi connectivity index (χ0n) is 16.8. The molecule has 3 aromatic carbocycles. The Hall–Kier alpha value is -3.47. The van der Waals surface area contributed by atoms with E-state index in [4.69, 9.17) is 18.9 Å². The smallest absolute Gasteiger partial charge is 0.315 e. The summed E-state index contributed by atoms with van der Waals surface area (Å²) in [7, 11) is 4.62. The van der Waals surface area contributed by atoms with Crippen LogP contribution >= 0.6 is 0 Å². The summed E-state index contributed by atoms with van der Waals surface area (Å²) in [6.07, 6.45) is 0.769. The molecular formula is C24H24O5. The Balaban J connectivity index is 1.76. The number of hydrogen-bond acceptors (Lipinski definition) is 5. The van der Waals surface area contributed by atoms with Crippen molar-refractivity contribution in [2.45, 2.75) is 12.8 Å². The minimum atomic E-state index is -0.361.